The summed E-state index contributed by atoms with van der Waals surface area (Å²) in [6.07, 6.45) is -0.930. The number of rotatable bonds is 27. The van der Waals surface area contributed by atoms with E-state index in [0.29, 0.717) is 46.2 Å². The van der Waals surface area contributed by atoms with Gasteiger partial charge >= 0.3 is 6.16 Å². The van der Waals surface area contributed by atoms with Crippen LogP contribution in [0.5, 0.6) is 17.2 Å². The summed E-state index contributed by atoms with van der Waals surface area (Å²) in [5.41, 5.74) is 3.35. The average Bonchev–Trinajstić information content (AvgIpc) is 3.26. The Morgan fingerprint density at radius 1 is 0.561 bits per heavy atom. The Hall–Kier alpha value is -4.26. The van der Waals surface area contributed by atoms with Crippen molar-refractivity contribution in [2.45, 2.75) is 122 Å². The summed E-state index contributed by atoms with van der Waals surface area (Å²) in [6.45, 7) is 24.1. The van der Waals surface area contributed by atoms with Gasteiger partial charge in [-0.3, -0.25) is 0 Å². The summed E-state index contributed by atoms with van der Waals surface area (Å²) in [4.78, 5) is 18.9. The molecule has 0 radical (unpaired) electrons. The Bertz CT molecular complexity index is 1880. The van der Waals surface area contributed by atoms with Gasteiger partial charge in [0.1, 0.15) is 22.8 Å². The van der Waals surface area contributed by atoms with Crippen molar-refractivity contribution in [2.75, 3.05) is 53.1 Å². The van der Waals surface area contributed by atoms with Crippen molar-refractivity contribution >= 4 is 22.3 Å². The molecule has 5 rings (SSSR count). The van der Waals surface area contributed by atoms with E-state index in [-0.39, 0.29) is 32.6 Å². The minimum Gasteiger partial charge on any atom is -0.494 e. The highest BCUT2D eigenvalue weighted by atomic mass is 28.3. The largest absolute Gasteiger partial charge is 0.528 e. The summed E-state index contributed by atoms with van der Waals surface area (Å²) < 4.78 is 54.3. The van der Waals surface area contributed by atoms with Gasteiger partial charge in [0.25, 0.3) is 0 Å². The molecule has 1 saturated heterocycles. The molecule has 1 fully saturated rings. The standard InChI is InChI=1S/C52H75NO11Si2/c1-52(2,3)63-51(54)64-53-34-48(59-37-42-16-22-46(23-17-42)61-39-56-30-32-65(4,5)6)50(44-20-26-45(27-21-44)58-29-13-28-55-36-41-14-11-10-12-15-41)49(35-53)60-38-43-18-24-47(25-19-43)62-40-57-31-33-66(7,8)9/h10-12,14-27,48-50H,13,28-40H2,1-9H3/t48-,49+,50-. The Kier molecular flexibility index (Phi) is 21.0. The molecule has 4 aromatic rings. The number of carbonyl (C=O) groups is 1. The van der Waals surface area contributed by atoms with Gasteiger partial charge in [-0.05, 0) is 91.5 Å². The van der Waals surface area contributed by atoms with Gasteiger partial charge in [-0.15, -0.1) is 5.06 Å². The van der Waals surface area contributed by atoms with Gasteiger partial charge < -0.3 is 47.5 Å². The second-order valence-corrected chi connectivity index (χ2v) is 31.4. The maximum absolute atomic E-state index is 13.0. The van der Waals surface area contributed by atoms with Crippen LogP contribution in [0.4, 0.5) is 4.79 Å². The van der Waals surface area contributed by atoms with Crippen LogP contribution in [0.15, 0.2) is 103 Å². The summed E-state index contributed by atoms with van der Waals surface area (Å²) >= 11 is 0. The molecule has 1 aliphatic heterocycles. The van der Waals surface area contributed by atoms with Gasteiger partial charge in [0.15, 0.2) is 13.6 Å². The normalized spacial score (nSPS) is 17.0. The Labute approximate surface area is 396 Å². The minimum absolute atomic E-state index is 0.206. The first-order valence-corrected chi connectivity index (χ1v) is 30.7. The molecular formula is C52H75NO11Si2. The molecule has 0 spiro atoms. The summed E-state index contributed by atoms with van der Waals surface area (Å²) in [5, 5.41) is 1.59. The number of ether oxygens (including phenoxy) is 9. The molecule has 3 atom stereocenters. The third kappa shape index (κ3) is 20.7. The van der Waals surface area contributed by atoms with Crippen LogP contribution in [0, 0.1) is 0 Å². The van der Waals surface area contributed by atoms with E-state index in [1.807, 2.05) is 78.9 Å². The first kappa shape index (κ1) is 52.7. The summed E-state index contributed by atoms with van der Waals surface area (Å²) in [6, 6.07) is 36.1. The van der Waals surface area contributed by atoms with E-state index in [4.69, 9.17) is 47.5 Å². The van der Waals surface area contributed by atoms with Crippen molar-refractivity contribution < 1.29 is 52.3 Å². The molecule has 0 bridgehead atoms. The molecule has 362 valence electrons. The quantitative estimate of drug-likeness (QED) is 0.0245. The molecule has 1 aliphatic rings. The molecule has 0 aliphatic carbocycles. The molecule has 66 heavy (non-hydrogen) atoms. The number of hydrogen-bond donors (Lipinski definition) is 0. The van der Waals surface area contributed by atoms with Crippen LogP contribution in [-0.4, -0.2) is 98.3 Å². The highest BCUT2D eigenvalue weighted by molar-refractivity contribution is 6.76. The molecule has 0 unspecified atom stereocenters. The van der Waals surface area contributed by atoms with Gasteiger partial charge in [0.2, 0.25) is 0 Å². The number of piperidine rings is 1. The molecule has 0 N–H and O–H groups in total. The molecular weight excluding hydrogens is 871 g/mol. The lowest BCUT2D eigenvalue weighted by molar-refractivity contribution is -0.209. The predicted molar refractivity (Wildman–Crippen MR) is 264 cm³/mol. The fourth-order valence-electron chi connectivity index (χ4n) is 6.90. The zero-order valence-electron chi connectivity index (χ0n) is 40.9. The summed E-state index contributed by atoms with van der Waals surface area (Å²) in [5.74, 6) is 1.96. The van der Waals surface area contributed by atoms with Gasteiger partial charge in [-0.1, -0.05) is 106 Å². The molecule has 0 amide bonds. The van der Waals surface area contributed by atoms with E-state index in [9.17, 15) is 4.79 Å². The number of benzene rings is 4. The van der Waals surface area contributed by atoms with Crippen LogP contribution >= 0.6 is 0 Å². The first-order chi connectivity index (χ1) is 31.5. The lowest BCUT2D eigenvalue weighted by Crippen LogP contribution is -2.53. The second-order valence-electron chi connectivity index (χ2n) is 20.2. The first-order valence-electron chi connectivity index (χ1n) is 23.3. The second kappa shape index (κ2) is 26.3. The number of nitrogens with zero attached hydrogens (tertiary/aromatic N) is 1. The van der Waals surface area contributed by atoms with E-state index in [2.05, 4.69) is 63.5 Å². The fraction of sp³-hybridized carbons (Fsp3) is 0.519. The van der Waals surface area contributed by atoms with Crippen LogP contribution < -0.4 is 14.2 Å². The van der Waals surface area contributed by atoms with E-state index in [1.165, 1.54) is 0 Å². The Morgan fingerprint density at radius 2 is 1.03 bits per heavy atom. The van der Waals surface area contributed by atoms with Crippen LogP contribution in [0.25, 0.3) is 0 Å². The highest BCUT2D eigenvalue weighted by Gasteiger charge is 2.41. The van der Waals surface area contributed by atoms with Crippen molar-refractivity contribution in [3.63, 3.8) is 0 Å². The van der Waals surface area contributed by atoms with Gasteiger partial charge in [0, 0.05) is 41.7 Å². The van der Waals surface area contributed by atoms with Crippen molar-refractivity contribution in [2.24, 2.45) is 0 Å². The topological polar surface area (TPSA) is 113 Å². The van der Waals surface area contributed by atoms with Gasteiger partial charge in [-0.2, -0.15) is 0 Å². The third-order valence-corrected chi connectivity index (χ3v) is 14.0. The molecule has 0 aromatic heterocycles. The Balaban J connectivity index is 1.28. The maximum Gasteiger partial charge on any atom is 0.528 e. The minimum atomic E-state index is -1.18. The highest BCUT2D eigenvalue weighted by Crippen LogP contribution is 2.35. The van der Waals surface area contributed by atoms with Crippen molar-refractivity contribution in [1.82, 2.24) is 5.06 Å². The fourth-order valence-corrected chi connectivity index (χ4v) is 8.41. The van der Waals surface area contributed by atoms with Gasteiger partial charge in [-0.25, -0.2) is 4.79 Å². The maximum atomic E-state index is 13.0. The zero-order valence-corrected chi connectivity index (χ0v) is 42.9. The molecule has 14 heteroatoms. The number of carbonyl (C=O) groups excluding carboxylic acids is 1. The summed E-state index contributed by atoms with van der Waals surface area (Å²) in [7, 11) is -2.35. The Morgan fingerprint density at radius 3 is 1.52 bits per heavy atom. The molecule has 4 aromatic carbocycles. The SMILES string of the molecule is CC(C)(C)OC(=O)ON1C[C@H](OCc2ccc(OCOCC[Si](C)(C)C)cc2)[C@H](c2ccc(OCCCOCc3ccccc3)cc2)[C@H](OCc2ccc(OCOCC[Si](C)(C)C)cc2)C1. The van der Waals surface area contributed by atoms with Crippen LogP contribution in [-0.2, 0) is 53.1 Å². The third-order valence-electron chi connectivity index (χ3n) is 10.6. The van der Waals surface area contributed by atoms with Crippen LogP contribution in [0.2, 0.25) is 51.4 Å². The predicted octanol–water partition coefficient (Wildman–Crippen LogP) is 11.5. The van der Waals surface area contributed by atoms with E-state index in [0.717, 1.165) is 58.0 Å². The van der Waals surface area contributed by atoms with E-state index >= 15 is 0 Å². The number of hydroxylamine groups is 2. The molecule has 12 nitrogen and oxygen atoms in total. The van der Waals surface area contributed by atoms with Crippen LogP contribution in [0.1, 0.15) is 55.4 Å². The van der Waals surface area contributed by atoms with Crippen molar-refractivity contribution in [1.29, 1.82) is 0 Å². The monoisotopic (exact) mass is 945 g/mol. The van der Waals surface area contributed by atoms with Crippen molar-refractivity contribution in [3.8, 4) is 17.2 Å². The zero-order chi connectivity index (χ0) is 47.4. The molecule has 1 heterocycles. The smallest absolute Gasteiger partial charge is 0.494 e. The van der Waals surface area contributed by atoms with E-state index < -0.39 is 40.1 Å². The van der Waals surface area contributed by atoms with Gasteiger partial charge in [0.05, 0.1) is 58.3 Å². The van der Waals surface area contributed by atoms with Crippen molar-refractivity contribution in [3.05, 3.63) is 125 Å². The molecule has 0 saturated carbocycles. The average molecular weight is 946 g/mol. The lowest BCUT2D eigenvalue weighted by Gasteiger charge is -2.42. The number of hydrogen-bond acceptors (Lipinski definition) is 12. The van der Waals surface area contributed by atoms with E-state index in [1.54, 1.807) is 25.8 Å². The van der Waals surface area contributed by atoms with Crippen LogP contribution in [0.3, 0.4) is 0 Å². The lowest BCUT2D eigenvalue weighted by atomic mass is 9.85.